The van der Waals surface area contributed by atoms with E-state index < -0.39 is 0 Å². The molecule has 0 aromatic heterocycles. The molecule has 0 aromatic rings. The molecule has 2 N–H and O–H groups in total. The van der Waals surface area contributed by atoms with Crippen LogP contribution in [0.4, 0.5) is 0 Å². The average Bonchev–Trinajstić information content (AvgIpc) is 2.68. The van der Waals surface area contributed by atoms with Gasteiger partial charge in [-0.2, -0.15) is 0 Å². The molecule has 0 radical (unpaired) electrons. The summed E-state index contributed by atoms with van der Waals surface area (Å²) in [6.45, 7) is 5.27. The standard InChI is InChI=1S/C13H24N2O/c1-9-5-4-8-15(9)13(16)11-6-3-7-12(14)10(11)2/h9-12H,3-8,14H2,1-2H3. The molecule has 2 aliphatic rings. The Morgan fingerprint density at radius 1 is 1.19 bits per heavy atom. The maximum Gasteiger partial charge on any atom is 0.226 e. The Kier molecular flexibility index (Phi) is 3.53. The highest BCUT2D eigenvalue weighted by molar-refractivity contribution is 5.80. The Hall–Kier alpha value is -0.570. The van der Waals surface area contributed by atoms with Gasteiger partial charge in [-0.15, -0.1) is 0 Å². The number of hydrogen-bond acceptors (Lipinski definition) is 2. The van der Waals surface area contributed by atoms with E-state index >= 15 is 0 Å². The number of likely N-dealkylation sites (tertiary alicyclic amines) is 1. The minimum absolute atomic E-state index is 0.185. The SMILES string of the molecule is CC1C(N)CCCC1C(=O)N1CCCC1C. The second-order valence-corrected chi connectivity index (χ2v) is 5.58. The first kappa shape index (κ1) is 11.9. The third kappa shape index (κ3) is 2.10. The van der Waals surface area contributed by atoms with Crippen molar-refractivity contribution in [2.24, 2.45) is 17.6 Å². The van der Waals surface area contributed by atoms with Crippen molar-refractivity contribution in [3.63, 3.8) is 0 Å². The van der Waals surface area contributed by atoms with Gasteiger partial charge in [-0.25, -0.2) is 0 Å². The lowest BCUT2D eigenvalue weighted by molar-refractivity contribution is -0.139. The summed E-state index contributed by atoms with van der Waals surface area (Å²) in [4.78, 5) is 14.5. The molecule has 2 rings (SSSR count). The average molecular weight is 224 g/mol. The Bertz CT molecular complexity index is 267. The van der Waals surface area contributed by atoms with E-state index in [1.54, 1.807) is 0 Å². The van der Waals surface area contributed by atoms with Gasteiger partial charge >= 0.3 is 0 Å². The van der Waals surface area contributed by atoms with Gasteiger partial charge in [-0.1, -0.05) is 13.3 Å². The zero-order valence-corrected chi connectivity index (χ0v) is 10.5. The van der Waals surface area contributed by atoms with Crippen LogP contribution in [0.3, 0.4) is 0 Å². The summed E-state index contributed by atoms with van der Waals surface area (Å²) in [6, 6.07) is 0.665. The minimum atomic E-state index is 0.185. The van der Waals surface area contributed by atoms with E-state index in [1.807, 2.05) is 0 Å². The van der Waals surface area contributed by atoms with E-state index in [2.05, 4.69) is 18.7 Å². The van der Waals surface area contributed by atoms with Crippen molar-refractivity contribution in [2.45, 2.75) is 58.0 Å². The molecule has 1 aliphatic heterocycles. The van der Waals surface area contributed by atoms with Crippen LogP contribution in [-0.2, 0) is 4.79 Å². The highest BCUT2D eigenvalue weighted by atomic mass is 16.2. The Morgan fingerprint density at radius 3 is 2.56 bits per heavy atom. The third-order valence-corrected chi connectivity index (χ3v) is 4.52. The fourth-order valence-corrected chi connectivity index (χ4v) is 3.22. The number of carbonyl (C=O) groups excluding carboxylic acids is 1. The summed E-state index contributed by atoms with van der Waals surface area (Å²) in [5.74, 6) is 0.908. The second kappa shape index (κ2) is 4.74. The van der Waals surface area contributed by atoms with Gasteiger partial charge in [0.15, 0.2) is 0 Å². The van der Waals surface area contributed by atoms with Crippen molar-refractivity contribution >= 4 is 5.91 Å². The molecular formula is C13H24N2O. The van der Waals surface area contributed by atoms with Crippen LogP contribution in [0.5, 0.6) is 0 Å². The molecule has 3 heteroatoms. The number of hydrogen-bond donors (Lipinski definition) is 1. The highest BCUT2D eigenvalue weighted by Crippen LogP contribution is 2.32. The zero-order chi connectivity index (χ0) is 11.7. The molecule has 2 fully saturated rings. The number of amides is 1. The lowest BCUT2D eigenvalue weighted by Crippen LogP contribution is -2.46. The monoisotopic (exact) mass is 224 g/mol. The number of rotatable bonds is 1. The van der Waals surface area contributed by atoms with Crippen LogP contribution < -0.4 is 5.73 Å². The highest BCUT2D eigenvalue weighted by Gasteiger charge is 2.37. The molecular weight excluding hydrogens is 200 g/mol. The quantitative estimate of drug-likeness (QED) is 0.737. The maximum atomic E-state index is 12.4. The van der Waals surface area contributed by atoms with Crippen LogP contribution >= 0.6 is 0 Å². The van der Waals surface area contributed by atoms with Crippen molar-refractivity contribution in [1.29, 1.82) is 0 Å². The van der Waals surface area contributed by atoms with E-state index in [1.165, 1.54) is 12.8 Å². The Balaban J connectivity index is 2.03. The first-order valence-corrected chi connectivity index (χ1v) is 6.67. The van der Waals surface area contributed by atoms with Gasteiger partial charge in [0.05, 0.1) is 0 Å². The summed E-state index contributed by atoms with van der Waals surface area (Å²) >= 11 is 0. The van der Waals surface area contributed by atoms with Gasteiger partial charge in [-0.05, 0) is 38.5 Å². The summed E-state index contributed by atoms with van der Waals surface area (Å²) in [5, 5.41) is 0. The van der Waals surface area contributed by atoms with Crippen LogP contribution in [0.15, 0.2) is 0 Å². The van der Waals surface area contributed by atoms with Gasteiger partial charge < -0.3 is 10.6 Å². The van der Waals surface area contributed by atoms with Crippen molar-refractivity contribution in [2.75, 3.05) is 6.54 Å². The first-order valence-electron chi connectivity index (χ1n) is 6.67. The summed E-state index contributed by atoms with van der Waals surface area (Å²) in [7, 11) is 0. The van der Waals surface area contributed by atoms with E-state index in [0.717, 1.165) is 25.8 Å². The molecule has 1 aliphatic carbocycles. The van der Waals surface area contributed by atoms with E-state index in [0.29, 0.717) is 17.9 Å². The van der Waals surface area contributed by atoms with E-state index in [-0.39, 0.29) is 12.0 Å². The fourth-order valence-electron chi connectivity index (χ4n) is 3.22. The Morgan fingerprint density at radius 2 is 1.94 bits per heavy atom. The normalized spacial score (nSPS) is 40.1. The molecule has 0 bridgehead atoms. The maximum absolute atomic E-state index is 12.4. The van der Waals surface area contributed by atoms with E-state index in [9.17, 15) is 4.79 Å². The van der Waals surface area contributed by atoms with Gasteiger partial charge in [0.25, 0.3) is 0 Å². The third-order valence-electron chi connectivity index (χ3n) is 4.52. The molecule has 92 valence electrons. The van der Waals surface area contributed by atoms with Crippen molar-refractivity contribution in [1.82, 2.24) is 4.90 Å². The van der Waals surface area contributed by atoms with Crippen LogP contribution in [0.25, 0.3) is 0 Å². The molecule has 1 saturated heterocycles. The van der Waals surface area contributed by atoms with Crippen LogP contribution in [0.2, 0.25) is 0 Å². The number of nitrogens with zero attached hydrogens (tertiary/aromatic N) is 1. The molecule has 0 spiro atoms. The topological polar surface area (TPSA) is 46.3 Å². The molecule has 4 unspecified atom stereocenters. The zero-order valence-electron chi connectivity index (χ0n) is 10.5. The predicted octanol–water partition coefficient (Wildman–Crippen LogP) is 1.76. The summed E-state index contributed by atoms with van der Waals surface area (Å²) in [5.41, 5.74) is 6.07. The van der Waals surface area contributed by atoms with Crippen molar-refractivity contribution in [3.05, 3.63) is 0 Å². The summed E-state index contributed by atoms with van der Waals surface area (Å²) in [6.07, 6.45) is 5.57. The van der Waals surface area contributed by atoms with E-state index in [4.69, 9.17) is 5.73 Å². The smallest absolute Gasteiger partial charge is 0.226 e. The molecule has 1 saturated carbocycles. The lowest BCUT2D eigenvalue weighted by atomic mass is 9.76. The van der Waals surface area contributed by atoms with Crippen molar-refractivity contribution in [3.8, 4) is 0 Å². The lowest BCUT2D eigenvalue weighted by Gasteiger charge is -2.36. The van der Waals surface area contributed by atoms with Gasteiger partial charge in [0.1, 0.15) is 0 Å². The number of carbonyl (C=O) groups is 1. The van der Waals surface area contributed by atoms with Gasteiger partial charge in [-0.3, -0.25) is 4.79 Å². The largest absolute Gasteiger partial charge is 0.340 e. The Labute approximate surface area is 98.4 Å². The number of nitrogens with two attached hydrogens (primary N) is 1. The second-order valence-electron chi connectivity index (χ2n) is 5.58. The molecule has 16 heavy (non-hydrogen) atoms. The first-order chi connectivity index (χ1) is 7.61. The molecule has 1 amide bonds. The van der Waals surface area contributed by atoms with Crippen LogP contribution in [0.1, 0.15) is 46.0 Å². The summed E-state index contributed by atoms with van der Waals surface area (Å²) < 4.78 is 0. The molecule has 0 aromatic carbocycles. The van der Waals surface area contributed by atoms with Crippen LogP contribution in [-0.4, -0.2) is 29.4 Å². The molecule has 1 heterocycles. The van der Waals surface area contributed by atoms with Crippen molar-refractivity contribution < 1.29 is 4.79 Å². The predicted molar refractivity (Wildman–Crippen MR) is 64.9 cm³/mol. The van der Waals surface area contributed by atoms with Gasteiger partial charge in [0, 0.05) is 24.5 Å². The van der Waals surface area contributed by atoms with Crippen LogP contribution in [0, 0.1) is 11.8 Å². The fraction of sp³-hybridized carbons (Fsp3) is 0.923. The minimum Gasteiger partial charge on any atom is -0.340 e. The molecule has 3 nitrogen and oxygen atoms in total. The van der Waals surface area contributed by atoms with Gasteiger partial charge in [0.2, 0.25) is 5.91 Å². The molecule has 4 atom stereocenters.